The molecule has 0 radical (unpaired) electrons. The van der Waals surface area contributed by atoms with E-state index in [0.29, 0.717) is 12.5 Å². The molecular weight excluding hydrogens is 238 g/mol. The first-order valence-electron chi connectivity index (χ1n) is 8.03. The molecule has 0 saturated heterocycles. The van der Waals surface area contributed by atoms with Gasteiger partial charge < -0.3 is 10.0 Å². The van der Waals surface area contributed by atoms with Crippen LogP contribution in [-0.4, -0.2) is 35.6 Å². The Morgan fingerprint density at radius 3 is 2.26 bits per heavy atom. The molecule has 0 heterocycles. The van der Waals surface area contributed by atoms with Gasteiger partial charge in [-0.25, -0.2) is 0 Å². The minimum Gasteiger partial charge on any atom is -0.481 e. The van der Waals surface area contributed by atoms with Crippen molar-refractivity contribution in [2.24, 2.45) is 5.41 Å². The van der Waals surface area contributed by atoms with E-state index in [1.54, 1.807) is 0 Å². The lowest BCUT2D eigenvalue weighted by Crippen LogP contribution is -2.44. The van der Waals surface area contributed by atoms with Crippen molar-refractivity contribution in [2.45, 2.75) is 76.7 Å². The van der Waals surface area contributed by atoms with Gasteiger partial charge in [-0.2, -0.15) is 0 Å². The standard InChI is InChI=1S/C16H29NO2/c1-17(14-8-4-2-5-9-14)13-16(12-15(18)19)10-6-3-7-11-16/h14H,2-13H2,1H3,(H,18,19). The van der Waals surface area contributed by atoms with Gasteiger partial charge in [-0.05, 0) is 38.1 Å². The van der Waals surface area contributed by atoms with Crippen molar-refractivity contribution in [2.75, 3.05) is 13.6 Å². The minimum atomic E-state index is -0.612. The van der Waals surface area contributed by atoms with E-state index < -0.39 is 5.97 Å². The zero-order chi connectivity index (χ0) is 13.7. The van der Waals surface area contributed by atoms with Crippen molar-refractivity contribution in [1.29, 1.82) is 0 Å². The van der Waals surface area contributed by atoms with Crippen molar-refractivity contribution in [3.8, 4) is 0 Å². The summed E-state index contributed by atoms with van der Waals surface area (Å²) in [5.74, 6) is -0.612. The number of nitrogens with zero attached hydrogens (tertiary/aromatic N) is 1. The molecule has 0 spiro atoms. The van der Waals surface area contributed by atoms with Crippen LogP contribution in [0.3, 0.4) is 0 Å². The molecule has 0 atom stereocenters. The first kappa shape index (κ1) is 14.8. The van der Waals surface area contributed by atoms with E-state index in [9.17, 15) is 9.90 Å². The molecule has 2 saturated carbocycles. The lowest BCUT2D eigenvalue weighted by Gasteiger charge is -2.42. The highest BCUT2D eigenvalue weighted by Gasteiger charge is 2.36. The smallest absolute Gasteiger partial charge is 0.303 e. The second-order valence-corrected chi connectivity index (χ2v) is 6.84. The molecule has 110 valence electrons. The molecule has 0 amide bonds. The average molecular weight is 267 g/mol. The largest absolute Gasteiger partial charge is 0.481 e. The van der Waals surface area contributed by atoms with Crippen LogP contribution in [0.15, 0.2) is 0 Å². The first-order chi connectivity index (χ1) is 9.11. The summed E-state index contributed by atoms with van der Waals surface area (Å²) >= 11 is 0. The van der Waals surface area contributed by atoms with Crippen molar-refractivity contribution in [1.82, 2.24) is 4.90 Å². The molecule has 0 aliphatic heterocycles. The third-order valence-electron chi connectivity index (χ3n) is 5.22. The molecule has 19 heavy (non-hydrogen) atoms. The summed E-state index contributed by atoms with van der Waals surface area (Å²) < 4.78 is 0. The van der Waals surface area contributed by atoms with Gasteiger partial charge >= 0.3 is 5.97 Å². The Bertz CT molecular complexity index is 291. The molecule has 0 bridgehead atoms. The number of hydrogen-bond acceptors (Lipinski definition) is 2. The molecular formula is C16H29NO2. The van der Waals surface area contributed by atoms with E-state index in [1.165, 1.54) is 51.4 Å². The molecule has 1 N–H and O–H groups in total. The van der Waals surface area contributed by atoms with Crippen molar-refractivity contribution < 1.29 is 9.90 Å². The lowest BCUT2D eigenvalue weighted by molar-refractivity contribution is -0.140. The summed E-state index contributed by atoms with van der Waals surface area (Å²) in [6.07, 6.45) is 13.0. The summed E-state index contributed by atoms with van der Waals surface area (Å²) in [6, 6.07) is 0.696. The van der Waals surface area contributed by atoms with Crippen LogP contribution < -0.4 is 0 Å². The van der Waals surface area contributed by atoms with E-state index in [1.807, 2.05) is 0 Å². The normalized spacial score (nSPS) is 24.5. The molecule has 3 nitrogen and oxygen atoms in total. The SMILES string of the molecule is CN(CC1(CC(=O)O)CCCCC1)C1CCCCC1. The van der Waals surface area contributed by atoms with Crippen LogP contribution in [-0.2, 0) is 4.79 Å². The summed E-state index contributed by atoms with van der Waals surface area (Å²) in [6.45, 7) is 0.990. The Morgan fingerprint density at radius 1 is 1.11 bits per heavy atom. The lowest BCUT2D eigenvalue weighted by atomic mass is 9.71. The third-order valence-corrected chi connectivity index (χ3v) is 5.22. The van der Waals surface area contributed by atoms with Crippen LogP contribution in [0.4, 0.5) is 0 Å². The highest BCUT2D eigenvalue weighted by atomic mass is 16.4. The maximum Gasteiger partial charge on any atom is 0.303 e. The van der Waals surface area contributed by atoms with Crippen molar-refractivity contribution >= 4 is 5.97 Å². The molecule has 2 rings (SSSR count). The van der Waals surface area contributed by atoms with E-state index in [4.69, 9.17) is 0 Å². The maximum atomic E-state index is 11.2. The second kappa shape index (κ2) is 6.74. The highest BCUT2D eigenvalue weighted by Crippen LogP contribution is 2.40. The van der Waals surface area contributed by atoms with Gasteiger partial charge in [0.2, 0.25) is 0 Å². The minimum absolute atomic E-state index is 0.0519. The van der Waals surface area contributed by atoms with Crippen LogP contribution in [0.2, 0.25) is 0 Å². The van der Waals surface area contributed by atoms with Gasteiger partial charge in [0.1, 0.15) is 0 Å². The van der Waals surface area contributed by atoms with Crippen molar-refractivity contribution in [3.05, 3.63) is 0 Å². The Kier molecular flexibility index (Phi) is 5.26. The third kappa shape index (κ3) is 4.20. The fourth-order valence-electron chi connectivity index (χ4n) is 4.19. The van der Waals surface area contributed by atoms with E-state index in [0.717, 1.165) is 19.4 Å². The first-order valence-corrected chi connectivity index (χ1v) is 8.03. The fourth-order valence-corrected chi connectivity index (χ4v) is 4.19. The van der Waals surface area contributed by atoms with Crippen molar-refractivity contribution in [3.63, 3.8) is 0 Å². The molecule has 0 aromatic heterocycles. The van der Waals surface area contributed by atoms with Crippen LogP contribution >= 0.6 is 0 Å². The van der Waals surface area contributed by atoms with E-state index in [-0.39, 0.29) is 5.41 Å². The van der Waals surface area contributed by atoms with Gasteiger partial charge in [-0.15, -0.1) is 0 Å². The Morgan fingerprint density at radius 2 is 1.68 bits per heavy atom. The highest BCUT2D eigenvalue weighted by molar-refractivity contribution is 5.67. The number of aliphatic carboxylic acids is 1. The topological polar surface area (TPSA) is 40.5 Å². The summed E-state index contributed by atoms with van der Waals surface area (Å²) in [7, 11) is 2.22. The zero-order valence-electron chi connectivity index (χ0n) is 12.4. The van der Waals surface area contributed by atoms with Crippen LogP contribution in [0, 0.1) is 5.41 Å². The number of rotatable bonds is 5. The predicted molar refractivity (Wildman–Crippen MR) is 77.3 cm³/mol. The second-order valence-electron chi connectivity index (χ2n) is 6.84. The van der Waals surface area contributed by atoms with Crippen LogP contribution in [0.25, 0.3) is 0 Å². The summed E-state index contributed by atoms with van der Waals surface area (Å²) in [4.78, 5) is 13.7. The van der Waals surface area contributed by atoms with Gasteiger partial charge in [0, 0.05) is 12.6 Å². The molecule has 2 aliphatic rings. The number of carbonyl (C=O) groups is 1. The number of carboxylic acid groups (broad SMARTS) is 1. The molecule has 2 aliphatic carbocycles. The number of hydrogen-bond donors (Lipinski definition) is 1. The maximum absolute atomic E-state index is 11.2. The summed E-state index contributed by atoms with van der Waals surface area (Å²) in [5, 5.41) is 9.24. The van der Waals surface area contributed by atoms with Crippen LogP contribution in [0.5, 0.6) is 0 Å². The molecule has 2 fully saturated rings. The molecule has 0 aromatic carbocycles. The fraction of sp³-hybridized carbons (Fsp3) is 0.938. The predicted octanol–water partition coefficient (Wildman–Crippen LogP) is 3.68. The molecule has 0 aromatic rings. The quantitative estimate of drug-likeness (QED) is 0.826. The van der Waals surface area contributed by atoms with Gasteiger partial charge in [-0.3, -0.25) is 4.79 Å². The van der Waals surface area contributed by atoms with Gasteiger partial charge in [0.05, 0.1) is 6.42 Å². The Balaban J connectivity index is 1.95. The Labute approximate surface area is 117 Å². The van der Waals surface area contributed by atoms with Gasteiger partial charge in [0.25, 0.3) is 0 Å². The molecule has 3 heteroatoms. The number of carboxylic acids is 1. The van der Waals surface area contributed by atoms with Gasteiger partial charge in [0.15, 0.2) is 0 Å². The monoisotopic (exact) mass is 267 g/mol. The van der Waals surface area contributed by atoms with Gasteiger partial charge in [-0.1, -0.05) is 38.5 Å². The van der Waals surface area contributed by atoms with E-state index in [2.05, 4.69) is 11.9 Å². The molecule has 0 unspecified atom stereocenters. The Hall–Kier alpha value is -0.570. The zero-order valence-corrected chi connectivity index (χ0v) is 12.4. The average Bonchev–Trinajstić information content (AvgIpc) is 2.39. The van der Waals surface area contributed by atoms with Crippen LogP contribution in [0.1, 0.15) is 70.6 Å². The van der Waals surface area contributed by atoms with E-state index >= 15 is 0 Å². The summed E-state index contributed by atoms with van der Waals surface area (Å²) in [5.41, 5.74) is 0.0519.